The van der Waals surface area contributed by atoms with Crippen molar-refractivity contribution in [3.05, 3.63) is 33.1 Å². The standard InChI is InChI=1S/C7H10N2O4/c10-3-4-13-5-9-2-1-6(11)8-7(9)12/h1-2,10H,3-5H2,(H,8,11,12). The first-order chi connectivity index (χ1) is 6.24. The van der Waals surface area contributed by atoms with E-state index in [0.717, 1.165) is 0 Å². The first kappa shape index (κ1) is 9.69. The molecule has 1 aromatic rings. The van der Waals surface area contributed by atoms with Crippen LogP contribution in [0.5, 0.6) is 0 Å². The summed E-state index contributed by atoms with van der Waals surface area (Å²) in [6.45, 7) is 0.0832. The average molecular weight is 186 g/mol. The topological polar surface area (TPSA) is 84.3 Å². The zero-order valence-corrected chi connectivity index (χ0v) is 6.90. The van der Waals surface area contributed by atoms with Crippen LogP contribution >= 0.6 is 0 Å². The molecule has 1 rings (SSSR count). The maximum atomic E-state index is 11.0. The number of aromatic amines is 1. The smallest absolute Gasteiger partial charge is 0.330 e. The zero-order valence-electron chi connectivity index (χ0n) is 6.90. The van der Waals surface area contributed by atoms with Crippen molar-refractivity contribution in [2.75, 3.05) is 13.2 Å². The lowest BCUT2D eigenvalue weighted by molar-refractivity contribution is 0.0457. The van der Waals surface area contributed by atoms with Crippen LogP contribution in [0.1, 0.15) is 0 Å². The normalized spacial score (nSPS) is 10.2. The third-order valence-corrected chi connectivity index (χ3v) is 1.36. The van der Waals surface area contributed by atoms with Crippen LogP contribution in [0.3, 0.4) is 0 Å². The SMILES string of the molecule is O=c1ccn(COCCO)c(=O)[nH]1. The van der Waals surface area contributed by atoms with E-state index in [2.05, 4.69) is 4.98 Å². The van der Waals surface area contributed by atoms with Crippen LogP contribution < -0.4 is 11.2 Å². The minimum atomic E-state index is -0.523. The monoisotopic (exact) mass is 186 g/mol. The van der Waals surface area contributed by atoms with Gasteiger partial charge in [-0.2, -0.15) is 0 Å². The lowest BCUT2D eigenvalue weighted by atomic mass is 10.6. The predicted molar refractivity (Wildman–Crippen MR) is 44.4 cm³/mol. The summed E-state index contributed by atoms with van der Waals surface area (Å²) >= 11 is 0. The van der Waals surface area contributed by atoms with Gasteiger partial charge in [-0.1, -0.05) is 0 Å². The number of hydrogen-bond donors (Lipinski definition) is 2. The first-order valence-corrected chi connectivity index (χ1v) is 3.72. The molecule has 0 saturated carbocycles. The van der Waals surface area contributed by atoms with Crippen LogP contribution in [0.2, 0.25) is 0 Å². The number of nitrogens with one attached hydrogen (secondary N) is 1. The second-order valence-corrected chi connectivity index (χ2v) is 2.34. The Hall–Kier alpha value is -1.40. The second-order valence-electron chi connectivity index (χ2n) is 2.34. The van der Waals surface area contributed by atoms with E-state index in [0.29, 0.717) is 0 Å². The van der Waals surface area contributed by atoms with Gasteiger partial charge in [0.05, 0.1) is 13.2 Å². The molecule has 0 bridgehead atoms. The average Bonchev–Trinajstić information content (AvgIpc) is 2.09. The number of aromatic nitrogens is 2. The van der Waals surface area contributed by atoms with Gasteiger partial charge in [-0.3, -0.25) is 14.3 Å². The summed E-state index contributed by atoms with van der Waals surface area (Å²) in [5, 5.41) is 8.39. The van der Waals surface area contributed by atoms with Gasteiger partial charge in [0.1, 0.15) is 6.73 Å². The Kier molecular flexibility index (Phi) is 3.41. The Labute approximate surface area is 73.4 Å². The summed E-state index contributed by atoms with van der Waals surface area (Å²) in [6.07, 6.45) is 1.33. The van der Waals surface area contributed by atoms with Crippen molar-refractivity contribution in [1.82, 2.24) is 9.55 Å². The lowest BCUT2D eigenvalue weighted by Gasteiger charge is -2.03. The van der Waals surface area contributed by atoms with E-state index in [-0.39, 0.29) is 19.9 Å². The number of ether oxygens (including phenoxy) is 1. The molecule has 0 atom stereocenters. The Bertz CT molecular complexity index is 367. The van der Waals surface area contributed by atoms with Crippen molar-refractivity contribution < 1.29 is 9.84 Å². The van der Waals surface area contributed by atoms with Crippen molar-refractivity contribution in [1.29, 1.82) is 0 Å². The number of aliphatic hydroxyl groups is 1. The molecule has 6 heteroatoms. The van der Waals surface area contributed by atoms with Crippen LogP contribution in [0.15, 0.2) is 21.9 Å². The second kappa shape index (κ2) is 4.58. The summed E-state index contributed by atoms with van der Waals surface area (Å²) in [7, 11) is 0. The fraction of sp³-hybridized carbons (Fsp3) is 0.429. The molecule has 0 saturated heterocycles. The van der Waals surface area contributed by atoms with Gasteiger partial charge in [0.15, 0.2) is 0 Å². The van der Waals surface area contributed by atoms with Crippen molar-refractivity contribution in [2.45, 2.75) is 6.73 Å². The fourth-order valence-electron chi connectivity index (χ4n) is 0.773. The molecule has 0 aliphatic carbocycles. The first-order valence-electron chi connectivity index (χ1n) is 3.72. The van der Waals surface area contributed by atoms with Crippen LogP contribution in [-0.4, -0.2) is 27.9 Å². The van der Waals surface area contributed by atoms with Crippen molar-refractivity contribution in [2.24, 2.45) is 0 Å². The molecule has 0 aliphatic rings. The van der Waals surface area contributed by atoms with E-state index in [9.17, 15) is 9.59 Å². The Balaban J connectivity index is 2.67. The van der Waals surface area contributed by atoms with Gasteiger partial charge < -0.3 is 9.84 Å². The predicted octanol–water partition coefficient (Wildman–Crippen LogP) is -1.50. The molecule has 13 heavy (non-hydrogen) atoms. The van der Waals surface area contributed by atoms with Gasteiger partial charge >= 0.3 is 5.69 Å². The van der Waals surface area contributed by atoms with Gasteiger partial charge in [-0.25, -0.2) is 4.79 Å². The Morgan fingerprint density at radius 3 is 2.92 bits per heavy atom. The maximum Gasteiger partial charge on any atom is 0.330 e. The molecule has 1 aromatic heterocycles. The van der Waals surface area contributed by atoms with Gasteiger partial charge in [0.25, 0.3) is 5.56 Å². The molecule has 0 radical (unpaired) electrons. The highest BCUT2D eigenvalue weighted by atomic mass is 16.5. The molecule has 0 amide bonds. The van der Waals surface area contributed by atoms with E-state index < -0.39 is 11.2 Å². The van der Waals surface area contributed by atoms with Gasteiger partial charge in [-0.05, 0) is 0 Å². The maximum absolute atomic E-state index is 11.0. The van der Waals surface area contributed by atoms with Crippen LogP contribution in [0.25, 0.3) is 0 Å². The van der Waals surface area contributed by atoms with E-state index >= 15 is 0 Å². The summed E-state index contributed by atoms with van der Waals surface area (Å²) in [4.78, 5) is 23.7. The van der Waals surface area contributed by atoms with Crippen molar-refractivity contribution in [3.63, 3.8) is 0 Å². The lowest BCUT2D eigenvalue weighted by Crippen LogP contribution is -2.29. The van der Waals surface area contributed by atoms with E-state index in [4.69, 9.17) is 9.84 Å². The number of hydrogen-bond acceptors (Lipinski definition) is 4. The highest BCUT2D eigenvalue weighted by Gasteiger charge is 1.94. The highest BCUT2D eigenvalue weighted by Crippen LogP contribution is 1.79. The summed E-state index contributed by atoms with van der Waals surface area (Å²) in [5.74, 6) is 0. The van der Waals surface area contributed by atoms with Gasteiger partial charge in [0, 0.05) is 12.3 Å². The molecule has 6 nitrogen and oxygen atoms in total. The largest absolute Gasteiger partial charge is 0.394 e. The molecular weight excluding hydrogens is 176 g/mol. The summed E-state index contributed by atoms with van der Waals surface area (Å²) in [6, 6.07) is 1.23. The number of rotatable bonds is 4. The molecule has 1 heterocycles. The minimum absolute atomic E-state index is 0.0240. The van der Waals surface area contributed by atoms with E-state index in [1.54, 1.807) is 0 Å². The minimum Gasteiger partial charge on any atom is -0.394 e. The third-order valence-electron chi connectivity index (χ3n) is 1.36. The third kappa shape index (κ3) is 2.85. The van der Waals surface area contributed by atoms with E-state index in [1.807, 2.05) is 0 Å². The van der Waals surface area contributed by atoms with Crippen molar-refractivity contribution >= 4 is 0 Å². The highest BCUT2D eigenvalue weighted by molar-refractivity contribution is 4.81. The van der Waals surface area contributed by atoms with Crippen molar-refractivity contribution in [3.8, 4) is 0 Å². The Morgan fingerprint density at radius 2 is 2.31 bits per heavy atom. The molecule has 0 fully saturated rings. The molecule has 0 spiro atoms. The summed E-state index contributed by atoms with van der Waals surface area (Å²) < 4.78 is 6.07. The van der Waals surface area contributed by atoms with Crippen LogP contribution in [0.4, 0.5) is 0 Å². The van der Waals surface area contributed by atoms with Gasteiger partial charge in [0.2, 0.25) is 0 Å². The number of nitrogens with zero attached hydrogens (tertiary/aromatic N) is 1. The molecule has 0 aliphatic heterocycles. The number of aliphatic hydroxyl groups excluding tert-OH is 1. The fourth-order valence-corrected chi connectivity index (χ4v) is 0.773. The summed E-state index contributed by atoms with van der Waals surface area (Å²) in [5.41, 5.74) is -0.964. The van der Waals surface area contributed by atoms with Gasteiger partial charge in [-0.15, -0.1) is 0 Å². The Morgan fingerprint density at radius 1 is 1.54 bits per heavy atom. The van der Waals surface area contributed by atoms with Crippen LogP contribution in [-0.2, 0) is 11.5 Å². The zero-order chi connectivity index (χ0) is 9.68. The molecule has 2 N–H and O–H groups in total. The molecule has 0 aromatic carbocycles. The van der Waals surface area contributed by atoms with E-state index in [1.165, 1.54) is 16.8 Å². The van der Waals surface area contributed by atoms with Crippen LogP contribution in [0, 0.1) is 0 Å². The molecular formula is C7H10N2O4. The molecule has 0 unspecified atom stereocenters. The number of H-pyrrole nitrogens is 1. The molecule has 72 valence electrons. The quantitative estimate of drug-likeness (QED) is 0.561.